The summed E-state index contributed by atoms with van der Waals surface area (Å²) in [4.78, 5) is 2.36. The van der Waals surface area contributed by atoms with Crippen molar-refractivity contribution in [3.63, 3.8) is 0 Å². The highest BCUT2D eigenvalue weighted by Gasteiger charge is 2.14. The van der Waals surface area contributed by atoms with Crippen molar-refractivity contribution in [3.8, 4) is 0 Å². The van der Waals surface area contributed by atoms with E-state index in [-0.39, 0.29) is 6.61 Å². The van der Waals surface area contributed by atoms with Gasteiger partial charge >= 0.3 is 0 Å². The molecule has 0 amide bonds. The number of aliphatic hydroxyl groups excluding tert-OH is 1. The van der Waals surface area contributed by atoms with Crippen molar-refractivity contribution in [2.24, 2.45) is 0 Å². The van der Waals surface area contributed by atoms with Crippen molar-refractivity contribution in [2.75, 3.05) is 24.6 Å². The molecular formula is C11H20N4OS2. The molecule has 1 aromatic rings. The van der Waals surface area contributed by atoms with Crippen LogP contribution in [0.5, 0.6) is 0 Å². The lowest BCUT2D eigenvalue weighted by molar-refractivity contribution is 0.223. The Hall–Kier alpha value is -0.370. The second-order valence-electron chi connectivity index (χ2n) is 4.38. The number of hydrogen-bond donors (Lipinski definition) is 1. The molecule has 1 fully saturated rings. The summed E-state index contributed by atoms with van der Waals surface area (Å²) < 4.78 is 4.50. The maximum Gasteiger partial charge on any atom is 0.199 e. The van der Waals surface area contributed by atoms with Gasteiger partial charge in [-0.3, -0.25) is 4.90 Å². The highest BCUT2D eigenvalue weighted by molar-refractivity contribution is 7.99. The first kappa shape index (κ1) is 14.0. The molecule has 2 heterocycles. The molecule has 2 rings (SSSR count). The second kappa shape index (κ2) is 6.70. The van der Waals surface area contributed by atoms with Gasteiger partial charge in [-0.05, 0) is 18.6 Å². The van der Waals surface area contributed by atoms with Crippen LogP contribution in [0.3, 0.4) is 0 Å². The zero-order valence-corrected chi connectivity index (χ0v) is 12.3. The maximum absolute atomic E-state index is 9.33. The van der Waals surface area contributed by atoms with E-state index in [1.807, 2.05) is 21.0 Å². The van der Waals surface area contributed by atoms with Crippen molar-refractivity contribution in [1.29, 1.82) is 0 Å². The first-order chi connectivity index (χ1) is 8.76. The number of rotatable bonds is 5. The van der Waals surface area contributed by atoms with Crippen LogP contribution in [0, 0.1) is 4.77 Å². The molecule has 18 heavy (non-hydrogen) atoms. The zero-order chi connectivity index (χ0) is 13.0. The molecule has 0 atom stereocenters. The molecule has 1 aliphatic rings. The lowest BCUT2D eigenvalue weighted by Gasteiger charge is -2.25. The Morgan fingerprint density at radius 1 is 1.39 bits per heavy atom. The van der Waals surface area contributed by atoms with Crippen molar-refractivity contribution in [2.45, 2.75) is 33.2 Å². The summed E-state index contributed by atoms with van der Waals surface area (Å²) in [6, 6.07) is 0. The fourth-order valence-corrected chi connectivity index (χ4v) is 3.35. The SMILES string of the molecule is CCCn1c(CO)nn(CN2CCSCC2)c1=S. The molecule has 0 unspecified atom stereocenters. The molecule has 1 aliphatic heterocycles. The summed E-state index contributed by atoms with van der Waals surface area (Å²) in [5.41, 5.74) is 0. The molecule has 102 valence electrons. The summed E-state index contributed by atoms with van der Waals surface area (Å²) in [5.74, 6) is 3.03. The van der Waals surface area contributed by atoms with E-state index in [1.165, 1.54) is 11.5 Å². The largest absolute Gasteiger partial charge is 0.388 e. The molecule has 0 radical (unpaired) electrons. The molecule has 0 spiro atoms. The number of thioether (sulfide) groups is 1. The van der Waals surface area contributed by atoms with Gasteiger partial charge < -0.3 is 9.67 Å². The summed E-state index contributed by atoms with van der Waals surface area (Å²) in [6.45, 7) is 5.78. The monoisotopic (exact) mass is 288 g/mol. The molecule has 5 nitrogen and oxygen atoms in total. The van der Waals surface area contributed by atoms with Crippen LogP contribution in [0.1, 0.15) is 19.2 Å². The van der Waals surface area contributed by atoms with E-state index in [4.69, 9.17) is 12.2 Å². The van der Waals surface area contributed by atoms with Crippen LogP contribution in [-0.2, 0) is 19.8 Å². The summed E-state index contributed by atoms with van der Waals surface area (Å²) in [7, 11) is 0. The fraction of sp³-hybridized carbons (Fsp3) is 0.818. The minimum absolute atomic E-state index is 0.0491. The van der Waals surface area contributed by atoms with Gasteiger partial charge in [-0.1, -0.05) is 6.92 Å². The third-order valence-electron chi connectivity index (χ3n) is 3.03. The van der Waals surface area contributed by atoms with Gasteiger partial charge in [-0.15, -0.1) is 0 Å². The molecule has 0 bridgehead atoms. The third-order valence-corrected chi connectivity index (χ3v) is 4.40. The molecule has 7 heteroatoms. The van der Waals surface area contributed by atoms with Crippen LogP contribution in [0.4, 0.5) is 0 Å². The predicted molar refractivity (Wildman–Crippen MR) is 76.2 cm³/mol. The zero-order valence-electron chi connectivity index (χ0n) is 10.7. The van der Waals surface area contributed by atoms with Gasteiger partial charge in [0.25, 0.3) is 0 Å². The Balaban J connectivity index is 2.14. The van der Waals surface area contributed by atoms with Crippen LogP contribution in [-0.4, -0.2) is 48.9 Å². The van der Waals surface area contributed by atoms with Crippen LogP contribution in [0.2, 0.25) is 0 Å². The molecule has 0 saturated carbocycles. The Morgan fingerprint density at radius 3 is 2.72 bits per heavy atom. The van der Waals surface area contributed by atoms with Gasteiger partial charge in [0, 0.05) is 31.1 Å². The van der Waals surface area contributed by atoms with Crippen LogP contribution >= 0.6 is 24.0 Å². The quantitative estimate of drug-likeness (QED) is 0.828. The summed E-state index contributed by atoms with van der Waals surface area (Å²) in [6.07, 6.45) is 0.993. The van der Waals surface area contributed by atoms with Crippen molar-refractivity contribution in [1.82, 2.24) is 19.2 Å². The molecular weight excluding hydrogens is 268 g/mol. The van der Waals surface area contributed by atoms with Crippen LogP contribution in [0.15, 0.2) is 0 Å². The van der Waals surface area contributed by atoms with E-state index in [2.05, 4.69) is 16.9 Å². The first-order valence-corrected chi connectivity index (χ1v) is 7.90. The topological polar surface area (TPSA) is 46.2 Å². The van der Waals surface area contributed by atoms with E-state index in [1.54, 1.807) is 0 Å². The minimum atomic E-state index is -0.0491. The summed E-state index contributed by atoms with van der Waals surface area (Å²) in [5, 5.41) is 13.7. The Morgan fingerprint density at radius 2 is 2.11 bits per heavy atom. The average molecular weight is 288 g/mol. The van der Waals surface area contributed by atoms with E-state index < -0.39 is 0 Å². The Bertz CT molecular complexity index is 437. The highest BCUT2D eigenvalue weighted by Crippen LogP contribution is 2.11. The van der Waals surface area contributed by atoms with E-state index in [9.17, 15) is 5.11 Å². The lowest BCUT2D eigenvalue weighted by Crippen LogP contribution is -2.34. The average Bonchev–Trinajstić information content (AvgIpc) is 2.69. The number of aromatic nitrogens is 3. The normalized spacial score (nSPS) is 17.2. The highest BCUT2D eigenvalue weighted by atomic mass is 32.2. The number of nitrogens with zero attached hydrogens (tertiary/aromatic N) is 4. The second-order valence-corrected chi connectivity index (χ2v) is 5.97. The van der Waals surface area contributed by atoms with Gasteiger partial charge in [0.2, 0.25) is 0 Å². The van der Waals surface area contributed by atoms with Gasteiger partial charge in [0.05, 0.1) is 6.67 Å². The Kier molecular flexibility index (Phi) is 5.23. The predicted octanol–water partition coefficient (Wildman–Crippen LogP) is 1.32. The third kappa shape index (κ3) is 3.14. The van der Waals surface area contributed by atoms with Gasteiger partial charge in [-0.2, -0.15) is 16.9 Å². The van der Waals surface area contributed by atoms with Crippen LogP contribution in [0.25, 0.3) is 0 Å². The van der Waals surface area contributed by atoms with Gasteiger partial charge in [0.15, 0.2) is 10.6 Å². The first-order valence-electron chi connectivity index (χ1n) is 6.33. The van der Waals surface area contributed by atoms with Gasteiger partial charge in [0.1, 0.15) is 6.61 Å². The molecule has 1 N–H and O–H groups in total. The van der Waals surface area contributed by atoms with Crippen molar-refractivity contribution >= 4 is 24.0 Å². The Labute approximate surface area is 117 Å². The van der Waals surface area contributed by atoms with E-state index in [0.29, 0.717) is 5.82 Å². The van der Waals surface area contributed by atoms with Crippen molar-refractivity contribution in [3.05, 3.63) is 10.6 Å². The number of hydrogen-bond acceptors (Lipinski definition) is 5. The van der Waals surface area contributed by atoms with Crippen molar-refractivity contribution < 1.29 is 5.11 Å². The van der Waals surface area contributed by atoms with E-state index in [0.717, 1.165) is 37.5 Å². The maximum atomic E-state index is 9.33. The molecule has 1 aromatic heterocycles. The molecule has 0 aliphatic carbocycles. The standard InChI is InChI=1S/C11H20N4OS2/c1-2-3-14-10(8-16)12-15(11(14)17)9-13-4-6-18-7-5-13/h16H,2-9H2,1H3. The minimum Gasteiger partial charge on any atom is -0.388 e. The number of aliphatic hydroxyl groups is 1. The summed E-state index contributed by atoms with van der Waals surface area (Å²) >= 11 is 7.43. The van der Waals surface area contributed by atoms with E-state index >= 15 is 0 Å². The van der Waals surface area contributed by atoms with Crippen LogP contribution < -0.4 is 0 Å². The van der Waals surface area contributed by atoms with Gasteiger partial charge in [-0.25, -0.2) is 4.68 Å². The molecule has 0 aromatic carbocycles. The fourth-order valence-electron chi connectivity index (χ4n) is 2.08. The lowest BCUT2D eigenvalue weighted by atomic mass is 10.4. The molecule has 1 saturated heterocycles. The smallest absolute Gasteiger partial charge is 0.199 e.